The second kappa shape index (κ2) is 44.1. The summed E-state index contributed by atoms with van der Waals surface area (Å²) < 4.78 is 25.6. The molecule has 7 rings (SSSR count). The molecule has 39 radical (unpaired) electrons. The van der Waals surface area contributed by atoms with Crippen LogP contribution in [0.4, 0.5) is 16.0 Å². The molecule has 4 fully saturated rings. The Bertz CT molecular complexity index is 2500. The Morgan fingerprint density at radius 2 is 0.914 bits per heavy atom. The largest absolute Gasteiger partial charge is 0.496 e. The van der Waals surface area contributed by atoms with Crippen LogP contribution in [0.25, 0.3) is 0 Å². The number of nitrogens with zero attached hydrogens (tertiary/aromatic N) is 8. The molecule has 1 N–H and O–H groups in total. The Morgan fingerprint density at radius 3 is 1.26 bits per heavy atom. The van der Waals surface area contributed by atoms with E-state index in [-0.39, 0.29) is 18.8 Å². The fraction of sp³-hybridized carbons (Fsp3) is 0.526. The van der Waals surface area contributed by atoms with Gasteiger partial charge in [0, 0.05) is 368 Å². The third-order valence-electron chi connectivity index (χ3n) is 17.0. The van der Waals surface area contributed by atoms with Gasteiger partial charge in [0.1, 0.15) is 11.6 Å². The summed E-state index contributed by atoms with van der Waals surface area (Å²) in [5.74, 6) is 1.47. The molecule has 0 aliphatic carbocycles. The number of amides is 3. The lowest BCUT2D eigenvalue weighted by atomic mass is 8.28. The van der Waals surface area contributed by atoms with E-state index in [1.54, 1.807) is 17.2 Å². The molecule has 0 aromatic carbocycles. The molecule has 1 atom stereocenters. The van der Waals surface area contributed by atoms with Gasteiger partial charge >= 0.3 is 7.12 Å². The van der Waals surface area contributed by atoms with Crippen LogP contribution in [-0.2, 0) is 23.7 Å². The van der Waals surface area contributed by atoms with E-state index in [0.29, 0.717) is 0 Å². The third kappa shape index (κ3) is 28.3. The summed E-state index contributed by atoms with van der Waals surface area (Å²) in [6.07, 6.45) is -7.02. The molecular formula is C38H53B38Br2FN9O5. The molecule has 0 spiro atoms. The lowest BCUT2D eigenvalue weighted by Crippen LogP contribution is -2.91. The van der Waals surface area contributed by atoms with Gasteiger partial charge in [-0.15, -0.1) is 0 Å². The van der Waals surface area contributed by atoms with E-state index in [1.807, 2.05) is 61.0 Å². The summed E-state index contributed by atoms with van der Waals surface area (Å²) >= 11 is 6.49. The molecule has 4 aliphatic heterocycles. The van der Waals surface area contributed by atoms with Crippen LogP contribution < -0.4 is 20.6 Å². The van der Waals surface area contributed by atoms with Crippen molar-refractivity contribution in [3.63, 3.8) is 0 Å². The van der Waals surface area contributed by atoms with Gasteiger partial charge in [-0.3, -0.25) is 14.4 Å². The number of anilines is 2. The Morgan fingerprint density at radius 1 is 0.516 bits per heavy atom. The Balaban J connectivity index is 0.000000338. The molecule has 3 amide bonds. The van der Waals surface area contributed by atoms with E-state index < -0.39 is 114 Å². The van der Waals surface area contributed by atoms with Crippen molar-refractivity contribution < 1.29 is 28.1 Å². The highest BCUT2D eigenvalue weighted by atomic mass is 79.9. The zero-order chi connectivity index (χ0) is 69.9. The molecule has 93 heavy (non-hydrogen) atoms. The molecular weight excluding hydrogens is 1250 g/mol. The van der Waals surface area contributed by atoms with Crippen LogP contribution in [0.1, 0.15) is 40.0 Å². The number of hydrogen-bond donors (Lipinski definition) is 1. The van der Waals surface area contributed by atoms with Gasteiger partial charge in [-0.1, -0.05) is 6.07 Å². The molecule has 55 heteroatoms. The van der Waals surface area contributed by atoms with E-state index in [0.717, 1.165) is 143 Å². The van der Waals surface area contributed by atoms with Crippen molar-refractivity contribution in [3.8, 4) is 0 Å². The highest BCUT2D eigenvalue weighted by Crippen LogP contribution is 2.27. The number of pyridine rings is 3. The molecule has 4 saturated heterocycles. The van der Waals surface area contributed by atoms with Gasteiger partial charge in [-0.05, 0) is 109 Å². The maximum atomic E-state index is 12.0. The molecule has 3 aromatic rings. The fourth-order valence-corrected chi connectivity index (χ4v) is 12.4. The minimum atomic E-state index is -1.17. The summed E-state index contributed by atoms with van der Waals surface area (Å²) in [7, 11) is 118. The van der Waals surface area contributed by atoms with Gasteiger partial charge in [-0.25, -0.2) is 15.0 Å². The first-order chi connectivity index (χ1) is 43.8. The number of halogens is 3. The topological polar surface area (TPSA) is 137 Å². The Kier molecular flexibility index (Phi) is 40.7. The molecule has 7 heterocycles. The van der Waals surface area contributed by atoms with Gasteiger partial charge in [0.25, 0.3) is 0 Å². The summed E-state index contributed by atoms with van der Waals surface area (Å²) in [5.41, 5.74) is 0.655. The second-order valence-electron chi connectivity index (χ2n) is 24.1. The summed E-state index contributed by atoms with van der Waals surface area (Å²) in [6.45, 7) is 16.6. The van der Waals surface area contributed by atoms with Gasteiger partial charge in [0.2, 0.25) is 25.2 Å². The maximum absolute atomic E-state index is 12.0. The predicted octanol–water partition coefficient (Wildman–Crippen LogP) is -10.5. The highest BCUT2D eigenvalue weighted by molar-refractivity contribution is 9.10. The summed E-state index contributed by atoms with van der Waals surface area (Å²) in [4.78, 5) is 54.0. The average molecular weight is 1310 g/mol. The number of aromatic nitrogens is 3. The van der Waals surface area contributed by atoms with Gasteiger partial charge < -0.3 is 39.1 Å². The standard InChI is InChI=1S/C16H24BN3O3.C11H14BrN3O.C6H12N2O.C5H3BrFN.B37/c1-13-16(2,3)23-17(22-13)14-5-6-15(18-11-14)20-8-4-7-19(12-21)9-10-20;12-10-2-3-11(13-8-10)15-5-1-4-14(9-16)6-7-15;9-6-8-4-1-2-7-3-5-8;6-4-1-2-5(7)8-3-4;1-20-30(21(2)3)35(31(22(4)5)23(6)7)37(34(28(16)17)29(18)19)36(32(24(8)9)25(10)11)33(26(12)13)27(14)15/h5-6,11-13H,4,7-10H2,1-3H3;2-3,8-9H,1,4-7H2;6-7H,1-5H2;1-3H;. The normalized spacial score (nSPS) is 15.7. The van der Waals surface area contributed by atoms with Crippen molar-refractivity contribution >= 4 is 338 Å². The number of nitrogens with one attached hydrogen (secondary N) is 1. The SMILES string of the molecule is CC1OB(c2ccc(N3CCCN(C=O)CC3)nc2)OC1(C)C.Fc1ccc(Br)cn1.O=CN1CCCN(c2ccc(Br)cn2)CC1.O=CN1CCCNCC1.[B][B]B(B([B])[B])B(B(B([B])[B])B([B])[B])B(B(B([B])[B])B([B])[B])B(B(B([B])[B])B([B])[B])B(B([B])[B])B([B])[B]. The van der Waals surface area contributed by atoms with Crippen LogP contribution in [0.3, 0.4) is 0 Å². The van der Waals surface area contributed by atoms with Gasteiger partial charge in [0.15, 0.2) is 0 Å². The number of carbonyl (C=O) groups is 3. The van der Waals surface area contributed by atoms with Crippen molar-refractivity contribution in [2.45, 2.75) is 51.7 Å². The Labute approximate surface area is 606 Å². The van der Waals surface area contributed by atoms with E-state index in [2.05, 4.69) is 61.9 Å². The quantitative estimate of drug-likeness (QED) is 0.0552. The summed E-state index contributed by atoms with van der Waals surface area (Å²) in [5, 5.41) is 3.21. The van der Waals surface area contributed by atoms with Crippen molar-refractivity contribution in [3.05, 3.63) is 69.9 Å². The minimum absolute atomic E-state index is 0.0482. The molecule has 0 bridgehead atoms. The van der Waals surface area contributed by atoms with Crippen LogP contribution >= 0.6 is 31.9 Å². The highest BCUT2D eigenvalue weighted by Gasteiger charge is 2.56. The smallest absolute Gasteiger partial charge is 0.402 e. The molecule has 3 aromatic heterocycles. The van der Waals surface area contributed by atoms with Crippen LogP contribution in [0.2, 0.25) is 0 Å². The zero-order valence-corrected chi connectivity index (χ0v) is 57.0. The second-order valence-corrected chi connectivity index (χ2v) is 26.0. The molecule has 1 unspecified atom stereocenters. The number of rotatable bonds is 23. The third-order valence-corrected chi connectivity index (χ3v) is 18.0. The van der Waals surface area contributed by atoms with Gasteiger partial charge in [0.05, 0.1) is 11.7 Å². The van der Waals surface area contributed by atoms with Crippen LogP contribution in [0.5, 0.6) is 0 Å². The average Bonchev–Trinajstić information content (AvgIpc) is 1.40. The predicted molar refractivity (Wildman–Crippen MR) is 436 cm³/mol. The Hall–Kier alpha value is -1.30. The first-order valence-electron chi connectivity index (χ1n) is 31.0. The van der Waals surface area contributed by atoms with Crippen molar-refractivity contribution in [1.29, 1.82) is 0 Å². The lowest BCUT2D eigenvalue weighted by Gasteiger charge is -2.53. The fourth-order valence-electron chi connectivity index (χ4n) is 11.9. The lowest BCUT2D eigenvalue weighted by molar-refractivity contribution is -0.118. The molecule has 4 aliphatic rings. The van der Waals surface area contributed by atoms with E-state index in [4.69, 9.17) is 156 Å². The van der Waals surface area contributed by atoms with E-state index >= 15 is 0 Å². The number of hydrogen-bond acceptors (Lipinski definition) is 11. The maximum Gasteiger partial charge on any atom is 0.496 e. The zero-order valence-electron chi connectivity index (χ0n) is 53.8. The summed E-state index contributed by atoms with van der Waals surface area (Å²) in [6, 6.07) is 10.9. The molecule has 0 saturated carbocycles. The van der Waals surface area contributed by atoms with Crippen LogP contribution in [-0.4, -0.2) is 409 Å². The first kappa shape index (κ1) is 85.9. The van der Waals surface area contributed by atoms with E-state index in [1.165, 1.54) is 19.3 Å². The first-order valence-corrected chi connectivity index (χ1v) is 32.6. The molecule has 415 valence electrons. The minimum Gasteiger partial charge on any atom is -0.402 e. The van der Waals surface area contributed by atoms with Crippen LogP contribution in [0, 0.1) is 5.95 Å². The van der Waals surface area contributed by atoms with Crippen molar-refractivity contribution in [2.75, 3.05) is 88.3 Å². The van der Waals surface area contributed by atoms with Crippen molar-refractivity contribution in [1.82, 2.24) is 35.0 Å². The number of carbonyl (C=O) groups excluding carboxylic acids is 3. The monoisotopic (exact) mass is 1310 g/mol. The molecule has 14 nitrogen and oxygen atoms in total. The van der Waals surface area contributed by atoms with Gasteiger partial charge in [-0.2, -0.15) is 4.39 Å². The van der Waals surface area contributed by atoms with Crippen molar-refractivity contribution in [2.24, 2.45) is 0 Å². The van der Waals surface area contributed by atoms with Crippen LogP contribution in [0.15, 0.2) is 63.9 Å². The van der Waals surface area contributed by atoms with E-state index in [9.17, 15) is 18.8 Å².